The molecule has 0 aromatic rings. The quantitative estimate of drug-likeness (QED) is 0.769. The first-order valence-electron chi connectivity index (χ1n) is 6.54. The number of hydrogen-bond donors (Lipinski definition) is 2. The molecule has 0 aromatic carbocycles. The highest BCUT2D eigenvalue weighted by Crippen LogP contribution is 2.12. The zero-order valence-electron chi connectivity index (χ0n) is 11.0. The Hall–Kier alpha value is -0.570. The Labute approximate surface area is 99.4 Å². The van der Waals surface area contributed by atoms with Gasteiger partial charge in [0.25, 0.3) is 0 Å². The van der Waals surface area contributed by atoms with Crippen molar-refractivity contribution in [1.82, 2.24) is 10.6 Å². The van der Waals surface area contributed by atoms with Crippen LogP contribution in [0.4, 0.5) is 0 Å². The van der Waals surface area contributed by atoms with E-state index in [2.05, 4.69) is 31.4 Å². The number of nitrogens with one attached hydrogen (secondary N) is 2. The Morgan fingerprint density at radius 1 is 1.38 bits per heavy atom. The van der Waals surface area contributed by atoms with Crippen LogP contribution >= 0.6 is 0 Å². The highest BCUT2D eigenvalue weighted by molar-refractivity contribution is 5.78. The third-order valence-electron chi connectivity index (χ3n) is 3.65. The maximum absolute atomic E-state index is 11.8. The third kappa shape index (κ3) is 4.12. The van der Waals surface area contributed by atoms with Crippen LogP contribution in [0.2, 0.25) is 0 Å². The van der Waals surface area contributed by atoms with Gasteiger partial charge >= 0.3 is 0 Å². The fourth-order valence-electron chi connectivity index (χ4n) is 2.09. The van der Waals surface area contributed by atoms with Crippen LogP contribution in [0.25, 0.3) is 0 Å². The minimum absolute atomic E-state index is 0.112. The molecule has 0 saturated carbocycles. The number of rotatable bonds is 4. The van der Waals surface area contributed by atoms with Crippen LogP contribution in [-0.2, 0) is 4.79 Å². The first kappa shape index (κ1) is 13.5. The summed E-state index contributed by atoms with van der Waals surface area (Å²) < 4.78 is 0. The topological polar surface area (TPSA) is 41.1 Å². The molecule has 1 aliphatic rings. The molecule has 1 aliphatic heterocycles. The maximum Gasteiger partial charge on any atom is 0.223 e. The van der Waals surface area contributed by atoms with Crippen LogP contribution in [-0.4, -0.2) is 24.5 Å². The van der Waals surface area contributed by atoms with Crippen LogP contribution in [0, 0.1) is 11.8 Å². The smallest absolute Gasteiger partial charge is 0.223 e. The van der Waals surface area contributed by atoms with Crippen LogP contribution in [0.1, 0.15) is 47.0 Å². The molecule has 0 radical (unpaired) electrons. The van der Waals surface area contributed by atoms with Gasteiger partial charge in [-0.3, -0.25) is 4.79 Å². The highest BCUT2D eigenvalue weighted by Gasteiger charge is 2.20. The van der Waals surface area contributed by atoms with Crippen molar-refractivity contribution < 1.29 is 4.79 Å². The Morgan fingerprint density at radius 3 is 2.62 bits per heavy atom. The second-order valence-corrected chi connectivity index (χ2v) is 5.47. The summed E-state index contributed by atoms with van der Waals surface area (Å²) >= 11 is 0. The van der Waals surface area contributed by atoms with Gasteiger partial charge in [0.2, 0.25) is 5.91 Å². The van der Waals surface area contributed by atoms with Gasteiger partial charge in [0.05, 0.1) is 0 Å². The number of hydrogen-bond acceptors (Lipinski definition) is 2. The minimum atomic E-state index is 0.112. The van der Waals surface area contributed by atoms with Gasteiger partial charge in [0.15, 0.2) is 0 Å². The molecule has 0 bridgehead atoms. The summed E-state index contributed by atoms with van der Waals surface area (Å²) in [5, 5.41) is 6.58. The highest BCUT2D eigenvalue weighted by atomic mass is 16.1. The monoisotopic (exact) mass is 226 g/mol. The largest absolute Gasteiger partial charge is 0.354 e. The molecule has 0 aliphatic carbocycles. The lowest BCUT2D eigenvalue weighted by Crippen LogP contribution is -2.48. The molecule has 3 nitrogen and oxygen atoms in total. The Morgan fingerprint density at radius 2 is 2.06 bits per heavy atom. The van der Waals surface area contributed by atoms with Crippen molar-refractivity contribution in [2.45, 2.75) is 59.0 Å². The van der Waals surface area contributed by atoms with E-state index in [1.165, 1.54) is 19.3 Å². The van der Waals surface area contributed by atoms with Gasteiger partial charge in [-0.1, -0.05) is 27.2 Å². The van der Waals surface area contributed by atoms with Crippen LogP contribution in [0.3, 0.4) is 0 Å². The molecule has 1 rings (SSSR count). The van der Waals surface area contributed by atoms with Gasteiger partial charge in [-0.05, 0) is 25.7 Å². The first-order valence-corrected chi connectivity index (χ1v) is 6.54. The summed E-state index contributed by atoms with van der Waals surface area (Å²) in [7, 11) is 0. The number of carbonyl (C=O) groups excluding carboxylic acids is 1. The lowest BCUT2D eigenvalue weighted by molar-refractivity contribution is -0.125. The van der Waals surface area contributed by atoms with Crippen LogP contribution in [0.5, 0.6) is 0 Å². The van der Waals surface area contributed by atoms with Gasteiger partial charge in [-0.2, -0.15) is 0 Å². The Bertz CT molecular complexity index is 228. The average Bonchev–Trinajstić information content (AvgIpc) is 2.24. The minimum Gasteiger partial charge on any atom is -0.354 e. The Kier molecular flexibility index (Phi) is 5.26. The SMILES string of the molecule is CC1CCCC(CNC(=O)C(C)C(C)C)N1. The van der Waals surface area contributed by atoms with E-state index in [0.29, 0.717) is 18.0 Å². The maximum atomic E-state index is 11.8. The molecule has 1 fully saturated rings. The molecule has 1 saturated heterocycles. The summed E-state index contributed by atoms with van der Waals surface area (Å²) in [4.78, 5) is 11.8. The Balaban J connectivity index is 2.25. The van der Waals surface area contributed by atoms with Crippen molar-refractivity contribution in [3.8, 4) is 0 Å². The van der Waals surface area contributed by atoms with Crippen molar-refractivity contribution in [2.24, 2.45) is 11.8 Å². The lowest BCUT2D eigenvalue weighted by atomic mass is 9.96. The van der Waals surface area contributed by atoms with Gasteiger partial charge in [0.1, 0.15) is 0 Å². The zero-order chi connectivity index (χ0) is 12.1. The second-order valence-electron chi connectivity index (χ2n) is 5.47. The third-order valence-corrected chi connectivity index (χ3v) is 3.65. The van der Waals surface area contributed by atoms with Crippen molar-refractivity contribution in [1.29, 1.82) is 0 Å². The molecule has 2 N–H and O–H groups in total. The summed E-state index contributed by atoms with van der Waals surface area (Å²) in [5.41, 5.74) is 0. The van der Waals surface area contributed by atoms with Crippen molar-refractivity contribution >= 4 is 5.91 Å². The van der Waals surface area contributed by atoms with E-state index >= 15 is 0 Å². The van der Waals surface area contributed by atoms with E-state index in [-0.39, 0.29) is 11.8 Å². The number of piperidine rings is 1. The zero-order valence-corrected chi connectivity index (χ0v) is 11.0. The predicted octanol–water partition coefficient (Wildman–Crippen LogP) is 1.93. The van der Waals surface area contributed by atoms with E-state index in [9.17, 15) is 4.79 Å². The fourth-order valence-corrected chi connectivity index (χ4v) is 2.09. The molecule has 3 heteroatoms. The first-order chi connectivity index (χ1) is 7.50. The fraction of sp³-hybridized carbons (Fsp3) is 0.923. The molecule has 1 heterocycles. The van der Waals surface area contributed by atoms with Crippen molar-refractivity contribution in [2.75, 3.05) is 6.54 Å². The van der Waals surface area contributed by atoms with E-state index in [4.69, 9.17) is 0 Å². The van der Waals surface area contributed by atoms with Gasteiger partial charge in [0, 0.05) is 24.5 Å². The molecular weight excluding hydrogens is 200 g/mol. The summed E-state index contributed by atoms with van der Waals surface area (Å²) in [6, 6.07) is 1.06. The van der Waals surface area contributed by atoms with Crippen LogP contribution < -0.4 is 10.6 Å². The van der Waals surface area contributed by atoms with E-state index in [1.807, 2.05) is 6.92 Å². The summed E-state index contributed by atoms with van der Waals surface area (Å²) in [5.74, 6) is 0.717. The molecule has 16 heavy (non-hydrogen) atoms. The van der Waals surface area contributed by atoms with Crippen molar-refractivity contribution in [3.63, 3.8) is 0 Å². The summed E-state index contributed by atoms with van der Waals surface area (Å²) in [6.07, 6.45) is 3.71. The van der Waals surface area contributed by atoms with Crippen LogP contribution in [0.15, 0.2) is 0 Å². The normalized spacial score (nSPS) is 27.8. The lowest BCUT2D eigenvalue weighted by Gasteiger charge is -2.29. The number of carbonyl (C=O) groups is 1. The standard InChI is InChI=1S/C13H26N2O/c1-9(2)11(4)13(16)14-8-12-7-5-6-10(3)15-12/h9-12,15H,5-8H2,1-4H3,(H,14,16). The van der Waals surface area contributed by atoms with E-state index in [1.54, 1.807) is 0 Å². The summed E-state index contributed by atoms with van der Waals surface area (Å²) in [6.45, 7) is 9.16. The van der Waals surface area contributed by atoms with E-state index < -0.39 is 0 Å². The molecular formula is C13H26N2O. The van der Waals surface area contributed by atoms with Crippen molar-refractivity contribution in [3.05, 3.63) is 0 Å². The molecule has 3 unspecified atom stereocenters. The number of amides is 1. The molecule has 1 amide bonds. The van der Waals surface area contributed by atoms with Gasteiger partial charge in [-0.25, -0.2) is 0 Å². The second kappa shape index (κ2) is 6.24. The van der Waals surface area contributed by atoms with E-state index in [0.717, 1.165) is 6.54 Å². The molecule has 0 aromatic heterocycles. The predicted molar refractivity (Wildman–Crippen MR) is 67.2 cm³/mol. The molecule has 0 spiro atoms. The van der Waals surface area contributed by atoms with Gasteiger partial charge < -0.3 is 10.6 Å². The molecule has 3 atom stereocenters. The van der Waals surface area contributed by atoms with Gasteiger partial charge in [-0.15, -0.1) is 0 Å². The average molecular weight is 226 g/mol. The molecule has 94 valence electrons.